The minimum absolute atomic E-state index is 0.0540. The van der Waals surface area contributed by atoms with Crippen molar-refractivity contribution in [2.45, 2.75) is 131 Å². The van der Waals surface area contributed by atoms with Gasteiger partial charge in [-0.2, -0.15) is 0 Å². The molecule has 0 radical (unpaired) electrons. The SMILES string of the molecule is CC(C)=CCCC(C)=CCCC(=CCc1cc(O[Si](C)(C)C(C)(C)C)ccc1O[Si](C)(C)C(C)(C)C)C(=O)O. The molecule has 0 heterocycles. The first-order chi connectivity index (χ1) is 17.7. The maximum atomic E-state index is 12.1. The molecule has 0 aliphatic heterocycles. The van der Waals surface area contributed by atoms with Crippen molar-refractivity contribution >= 4 is 22.6 Å². The molecule has 0 bridgehead atoms. The topological polar surface area (TPSA) is 55.8 Å². The van der Waals surface area contributed by atoms with Gasteiger partial charge in [-0.25, -0.2) is 4.79 Å². The number of hydrogen-bond donors (Lipinski definition) is 1. The Hall–Kier alpha value is -2.06. The standard InChI is InChI=1S/C33H56O4Si2/c1-25(2)16-14-17-26(3)18-15-19-27(31(34)35)20-21-28-24-29(36-38(10,11)32(4,5)6)22-23-30(28)37-39(12,13)33(7,8)9/h16,18,20,22-24H,14-15,17,19,21H2,1-13H3,(H,34,35). The van der Waals surface area contributed by atoms with E-state index in [0.717, 1.165) is 36.3 Å². The molecule has 220 valence electrons. The Bertz CT molecular complexity index is 1060. The third-order valence-electron chi connectivity index (χ3n) is 8.22. The Morgan fingerprint density at radius 3 is 1.87 bits per heavy atom. The first-order valence-electron chi connectivity index (χ1n) is 14.4. The number of allylic oxidation sites excluding steroid dienone is 5. The number of rotatable bonds is 13. The Kier molecular flexibility index (Phi) is 12.6. The van der Waals surface area contributed by atoms with Crippen molar-refractivity contribution in [2.24, 2.45) is 0 Å². The van der Waals surface area contributed by atoms with E-state index in [9.17, 15) is 9.90 Å². The molecule has 6 heteroatoms. The second-order valence-corrected chi connectivity index (χ2v) is 23.6. The molecule has 1 aromatic carbocycles. The van der Waals surface area contributed by atoms with Crippen LogP contribution in [0.25, 0.3) is 0 Å². The highest BCUT2D eigenvalue weighted by molar-refractivity contribution is 6.75. The lowest BCUT2D eigenvalue weighted by Crippen LogP contribution is -2.44. The average Bonchev–Trinajstić information content (AvgIpc) is 2.75. The summed E-state index contributed by atoms with van der Waals surface area (Å²) in [6.07, 6.45) is 10.0. The van der Waals surface area contributed by atoms with Gasteiger partial charge in [-0.05, 0) is 107 Å². The van der Waals surface area contributed by atoms with Crippen molar-refractivity contribution < 1.29 is 18.8 Å². The van der Waals surface area contributed by atoms with Crippen molar-refractivity contribution in [1.82, 2.24) is 0 Å². The molecule has 0 saturated heterocycles. The predicted octanol–water partition coefficient (Wildman–Crippen LogP) is 10.5. The molecular formula is C33H56O4Si2. The molecule has 0 spiro atoms. The van der Waals surface area contributed by atoms with E-state index in [1.807, 2.05) is 18.2 Å². The van der Waals surface area contributed by atoms with Crippen LogP contribution in [0.2, 0.25) is 36.3 Å². The maximum Gasteiger partial charge on any atom is 0.331 e. The van der Waals surface area contributed by atoms with Crippen LogP contribution in [-0.2, 0) is 11.2 Å². The van der Waals surface area contributed by atoms with Crippen LogP contribution in [0.5, 0.6) is 11.5 Å². The lowest BCUT2D eigenvalue weighted by atomic mass is 10.0. The summed E-state index contributed by atoms with van der Waals surface area (Å²) < 4.78 is 13.3. The number of benzene rings is 1. The molecule has 0 aromatic heterocycles. The minimum Gasteiger partial charge on any atom is -0.543 e. The van der Waals surface area contributed by atoms with Crippen molar-refractivity contribution in [3.05, 3.63) is 58.7 Å². The van der Waals surface area contributed by atoms with Gasteiger partial charge in [-0.1, -0.05) is 70.9 Å². The fourth-order valence-electron chi connectivity index (χ4n) is 3.45. The third kappa shape index (κ3) is 11.5. The van der Waals surface area contributed by atoms with Crippen LogP contribution < -0.4 is 8.85 Å². The van der Waals surface area contributed by atoms with E-state index in [1.165, 1.54) is 11.1 Å². The fourth-order valence-corrected chi connectivity index (χ4v) is 5.53. The largest absolute Gasteiger partial charge is 0.543 e. The number of aliphatic carboxylic acids is 1. The summed E-state index contributed by atoms with van der Waals surface area (Å²) in [4.78, 5) is 12.1. The van der Waals surface area contributed by atoms with E-state index < -0.39 is 22.6 Å². The molecule has 0 saturated carbocycles. The maximum absolute atomic E-state index is 12.1. The van der Waals surface area contributed by atoms with Gasteiger partial charge in [0, 0.05) is 11.1 Å². The van der Waals surface area contributed by atoms with Crippen LogP contribution in [0, 0.1) is 0 Å². The Morgan fingerprint density at radius 2 is 1.36 bits per heavy atom. The van der Waals surface area contributed by atoms with E-state index in [2.05, 4.69) is 107 Å². The van der Waals surface area contributed by atoms with Gasteiger partial charge < -0.3 is 14.0 Å². The molecule has 0 aliphatic rings. The van der Waals surface area contributed by atoms with Crippen LogP contribution in [0.1, 0.15) is 93.6 Å². The van der Waals surface area contributed by atoms with Crippen LogP contribution in [0.4, 0.5) is 0 Å². The number of carboxylic acid groups (broad SMARTS) is 1. The van der Waals surface area contributed by atoms with Gasteiger partial charge in [0.05, 0.1) is 0 Å². The van der Waals surface area contributed by atoms with Crippen LogP contribution in [0.3, 0.4) is 0 Å². The minimum atomic E-state index is -2.08. The van der Waals surface area contributed by atoms with E-state index in [0.29, 0.717) is 18.4 Å². The zero-order valence-electron chi connectivity index (χ0n) is 27.2. The monoisotopic (exact) mass is 572 g/mol. The molecule has 1 rings (SSSR count). The van der Waals surface area contributed by atoms with Crippen molar-refractivity contribution in [3.8, 4) is 11.5 Å². The van der Waals surface area contributed by atoms with Crippen LogP contribution in [0.15, 0.2) is 53.1 Å². The molecule has 39 heavy (non-hydrogen) atoms. The highest BCUT2D eigenvalue weighted by atomic mass is 28.4. The number of carbonyl (C=O) groups is 1. The van der Waals surface area contributed by atoms with Gasteiger partial charge in [-0.15, -0.1) is 0 Å². The molecule has 0 amide bonds. The molecule has 4 nitrogen and oxygen atoms in total. The molecule has 0 atom stereocenters. The lowest BCUT2D eigenvalue weighted by molar-refractivity contribution is -0.132. The zero-order chi connectivity index (χ0) is 30.2. The predicted molar refractivity (Wildman–Crippen MR) is 173 cm³/mol. The summed E-state index contributed by atoms with van der Waals surface area (Å²) in [5.41, 5.74) is 4.05. The van der Waals surface area contributed by atoms with Gasteiger partial charge in [0.15, 0.2) is 0 Å². The van der Waals surface area contributed by atoms with Crippen LogP contribution >= 0.6 is 0 Å². The van der Waals surface area contributed by atoms with E-state index in [4.69, 9.17) is 8.85 Å². The third-order valence-corrected chi connectivity index (χ3v) is 16.9. The molecule has 0 unspecified atom stereocenters. The second kappa shape index (κ2) is 14.0. The lowest BCUT2D eigenvalue weighted by Gasteiger charge is -2.38. The van der Waals surface area contributed by atoms with Crippen molar-refractivity contribution in [2.75, 3.05) is 0 Å². The molecule has 1 N–H and O–H groups in total. The second-order valence-electron chi connectivity index (χ2n) is 14.1. The van der Waals surface area contributed by atoms with Gasteiger partial charge in [-0.3, -0.25) is 0 Å². The highest BCUT2D eigenvalue weighted by Gasteiger charge is 2.40. The number of carboxylic acids is 1. The molecule has 1 aromatic rings. The normalized spacial score (nSPS) is 13.8. The quantitative estimate of drug-likeness (QED) is 0.145. The summed E-state index contributed by atoms with van der Waals surface area (Å²) in [5, 5.41) is 10.1. The van der Waals surface area contributed by atoms with E-state index in [1.54, 1.807) is 0 Å². The fraction of sp³-hybridized carbons (Fsp3) is 0.606. The van der Waals surface area contributed by atoms with Gasteiger partial charge in [0.25, 0.3) is 0 Å². The number of hydrogen-bond acceptors (Lipinski definition) is 3. The van der Waals surface area contributed by atoms with Crippen molar-refractivity contribution in [1.29, 1.82) is 0 Å². The Balaban J connectivity index is 3.27. The first-order valence-corrected chi connectivity index (χ1v) is 20.2. The smallest absolute Gasteiger partial charge is 0.331 e. The van der Waals surface area contributed by atoms with E-state index >= 15 is 0 Å². The summed E-state index contributed by atoms with van der Waals surface area (Å²) >= 11 is 0. The van der Waals surface area contributed by atoms with Gasteiger partial charge in [0.2, 0.25) is 16.6 Å². The molecule has 0 fully saturated rings. The first kappa shape index (κ1) is 35.0. The van der Waals surface area contributed by atoms with Crippen LogP contribution in [-0.4, -0.2) is 27.7 Å². The summed E-state index contributed by atoms with van der Waals surface area (Å²) in [5.74, 6) is 0.811. The summed E-state index contributed by atoms with van der Waals surface area (Å²) in [7, 11) is -4.10. The molecule has 0 aliphatic carbocycles. The molecular weight excluding hydrogens is 517 g/mol. The Morgan fingerprint density at radius 1 is 0.821 bits per heavy atom. The zero-order valence-corrected chi connectivity index (χ0v) is 29.2. The summed E-state index contributed by atoms with van der Waals surface area (Å²) in [6, 6.07) is 6.09. The summed E-state index contributed by atoms with van der Waals surface area (Å²) in [6.45, 7) is 28.7. The van der Waals surface area contributed by atoms with Crippen molar-refractivity contribution in [3.63, 3.8) is 0 Å². The Labute approximate surface area is 241 Å². The average molecular weight is 573 g/mol. The highest BCUT2D eigenvalue weighted by Crippen LogP contribution is 2.41. The van der Waals surface area contributed by atoms with E-state index in [-0.39, 0.29) is 10.1 Å². The van der Waals surface area contributed by atoms with Gasteiger partial charge >= 0.3 is 5.97 Å². The van der Waals surface area contributed by atoms with Gasteiger partial charge in [0.1, 0.15) is 11.5 Å².